The summed E-state index contributed by atoms with van der Waals surface area (Å²) in [6.45, 7) is 0.708. The van der Waals surface area contributed by atoms with Crippen LogP contribution in [0.4, 0.5) is 0 Å². The van der Waals surface area contributed by atoms with Crippen LogP contribution in [0, 0.1) is 0 Å². The molecule has 0 radical (unpaired) electrons. The number of halogens is 1. The van der Waals surface area contributed by atoms with Crippen molar-refractivity contribution in [3.63, 3.8) is 0 Å². The van der Waals surface area contributed by atoms with Gasteiger partial charge in [-0.05, 0) is 61.1 Å². The summed E-state index contributed by atoms with van der Waals surface area (Å²) in [6, 6.07) is 21.4. The van der Waals surface area contributed by atoms with E-state index in [-0.39, 0.29) is 0 Å². The van der Waals surface area contributed by atoms with Gasteiger partial charge in [-0.15, -0.1) is 0 Å². The van der Waals surface area contributed by atoms with E-state index in [4.69, 9.17) is 16.0 Å². The maximum absolute atomic E-state index is 11.7. The van der Waals surface area contributed by atoms with Crippen molar-refractivity contribution in [2.45, 2.75) is 12.0 Å². The number of aliphatic hydroxyl groups is 1. The monoisotopic (exact) mass is 406 g/mol. The molecule has 1 N–H and O–H groups in total. The second-order valence-electron chi connectivity index (χ2n) is 7.48. The van der Waals surface area contributed by atoms with E-state index in [0.29, 0.717) is 23.9 Å². The van der Waals surface area contributed by atoms with Crippen molar-refractivity contribution in [1.82, 2.24) is 9.88 Å². The predicted octanol–water partition coefficient (Wildman–Crippen LogP) is 5.34. The summed E-state index contributed by atoms with van der Waals surface area (Å²) in [5, 5.41) is 13.1. The molecule has 1 atom stereocenters. The molecule has 0 saturated heterocycles. The van der Waals surface area contributed by atoms with Gasteiger partial charge in [-0.2, -0.15) is 0 Å². The van der Waals surface area contributed by atoms with E-state index in [1.165, 1.54) is 0 Å². The zero-order chi connectivity index (χ0) is 20.4. The van der Waals surface area contributed by atoms with E-state index in [9.17, 15) is 5.11 Å². The van der Waals surface area contributed by atoms with Crippen LogP contribution in [-0.4, -0.2) is 35.6 Å². The Kier molecular flexibility index (Phi) is 5.41. The quantitative estimate of drug-likeness (QED) is 0.439. The van der Waals surface area contributed by atoms with Crippen LogP contribution in [-0.2, 0) is 5.60 Å². The lowest BCUT2D eigenvalue weighted by Gasteiger charge is -2.28. The molecule has 4 rings (SSSR count). The fourth-order valence-corrected chi connectivity index (χ4v) is 3.82. The highest BCUT2D eigenvalue weighted by molar-refractivity contribution is 6.30. The van der Waals surface area contributed by atoms with Crippen LogP contribution in [0.25, 0.3) is 22.0 Å². The average Bonchev–Trinajstić information content (AvgIpc) is 3.27. The molecule has 0 bridgehead atoms. The van der Waals surface area contributed by atoms with Gasteiger partial charge in [0, 0.05) is 18.4 Å². The fraction of sp³-hybridized carbons (Fsp3) is 0.208. The van der Waals surface area contributed by atoms with E-state index < -0.39 is 5.60 Å². The fourth-order valence-electron chi connectivity index (χ4n) is 3.62. The number of hydrogen-bond acceptors (Lipinski definition) is 4. The second-order valence-corrected chi connectivity index (χ2v) is 7.87. The van der Waals surface area contributed by atoms with Gasteiger partial charge in [0.2, 0.25) is 0 Å². The topological polar surface area (TPSA) is 49.5 Å². The van der Waals surface area contributed by atoms with Gasteiger partial charge in [0.15, 0.2) is 0 Å². The Hall–Kier alpha value is -2.66. The van der Waals surface area contributed by atoms with Gasteiger partial charge < -0.3 is 14.4 Å². The number of hydrogen-bond donors (Lipinski definition) is 1. The van der Waals surface area contributed by atoms with Gasteiger partial charge in [0.25, 0.3) is 0 Å². The van der Waals surface area contributed by atoms with Crippen molar-refractivity contribution in [2.24, 2.45) is 0 Å². The minimum atomic E-state index is -1.24. The molecule has 0 aliphatic rings. The molecule has 5 heteroatoms. The van der Waals surface area contributed by atoms with Crippen LogP contribution in [0.2, 0.25) is 5.15 Å². The lowest BCUT2D eigenvalue weighted by atomic mass is 9.86. The smallest absolute Gasteiger partial charge is 0.148 e. The number of pyridine rings is 1. The van der Waals surface area contributed by atoms with E-state index in [0.717, 1.165) is 27.6 Å². The van der Waals surface area contributed by atoms with Crippen molar-refractivity contribution in [3.8, 4) is 11.1 Å². The Morgan fingerprint density at radius 3 is 2.52 bits per heavy atom. The molecular weight excluding hydrogens is 384 g/mol. The lowest BCUT2D eigenvalue weighted by molar-refractivity contribution is 0.0409. The number of fused-ring (bicyclic) bond motifs is 1. The normalized spacial score (nSPS) is 13.7. The Bertz CT molecular complexity index is 1110. The lowest BCUT2D eigenvalue weighted by Crippen LogP contribution is -2.31. The maximum Gasteiger partial charge on any atom is 0.148 e. The highest BCUT2D eigenvalue weighted by Gasteiger charge is 2.34. The SMILES string of the molecule is CN(C)CCC(O)(c1ccc2nc(Cl)cc(-c3ccccc3)c2c1)c1ccco1. The molecule has 0 amide bonds. The molecular formula is C24H23ClN2O2. The van der Waals surface area contributed by atoms with Crippen LogP contribution in [0.1, 0.15) is 17.7 Å². The van der Waals surface area contributed by atoms with Crippen LogP contribution < -0.4 is 0 Å². The van der Waals surface area contributed by atoms with Crippen molar-refractivity contribution in [1.29, 1.82) is 0 Å². The molecule has 1 unspecified atom stereocenters. The van der Waals surface area contributed by atoms with Crippen molar-refractivity contribution in [2.75, 3.05) is 20.6 Å². The number of aromatic nitrogens is 1. The van der Waals surface area contributed by atoms with Crippen LogP contribution in [0.15, 0.2) is 77.4 Å². The molecule has 0 saturated carbocycles. The van der Waals surface area contributed by atoms with Crippen LogP contribution in [0.5, 0.6) is 0 Å². The third kappa shape index (κ3) is 3.92. The number of nitrogens with zero attached hydrogens (tertiary/aromatic N) is 2. The molecule has 148 valence electrons. The summed E-state index contributed by atoms with van der Waals surface area (Å²) in [6.07, 6.45) is 2.09. The third-order valence-corrected chi connectivity index (χ3v) is 5.38. The maximum atomic E-state index is 11.7. The first-order chi connectivity index (χ1) is 14.0. The number of rotatable bonds is 6. The third-order valence-electron chi connectivity index (χ3n) is 5.19. The van der Waals surface area contributed by atoms with E-state index in [2.05, 4.69) is 4.98 Å². The molecule has 2 aromatic carbocycles. The summed E-state index contributed by atoms with van der Waals surface area (Å²) in [5.74, 6) is 0.530. The first-order valence-corrected chi connectivity index (χ1v) is 9.92. The first-order valence-electron chi connectivity index (χ1n) is 9.55. The standard InChI is InChI=1S/C24H23ClN2O2/c1-27(2)13-12-24(28,22-9-6-14-29-22)18-10-11-21-20(15-18)19(16-23(25)26-21)17-7-4-3-5-8-17/h3-11,14-16,28H,12-13H2,1-2H3. The zero-order valence-corrected chi connectivity index (χ0v) is 17.2. The Morgan fingerprint density at radius 1 is 1.03 bits per heavy atom. The van der Waals surface area contributed by atoms with Gasteiger partial charge in [-0.3, -0.25) is 0 Å². The van der Waals surface area contributed by atoms with Crippen molar-refractivity contribution >= 4 is 22.5 Å². The largest absolute Gasteiger partial charge is 0.466 e. The summed E-state index contributed by atoms with van der Waals surface area (Å²) in [5.41, 5.74) is 2.35. The molecule has 0 fully saturated rings. The highest BCUT2D eigenvalue weighted by atomic mass is 35.5. The Morgan fingerprint density at radius 2 is 1.83 bits per heavy atom. The second kappa shape index (κ2) is 7.99. The number of benzene rings is 2. The van der Waals surface area contributed by atoms with Gasteiger partial charge >= 0.3 is 0 Å². The van der Waals surface area contributed by atoms with Crippen LogP contribution >= 0.6 is 11.6 Å². The minimum Gasteiger partial charge on any atom is -0.466 e. The molecule has 0 aliphatic heterocycles. The van der Waals surface area contributed by atoms with Gasteiger partial charge in [0.1, 0.15) is 16.5 Å². The Labute approximate surface area is 175 Å². The van der Waals surface area contributed by atoms with E-state index in [1.54, 1.807) is 12.3 Å². The molecule has 0 spiro atoms. The summed E-state index contributed by atoms with van der Waals surface area (Å²) in [4.78, 5) is 6.52. The minimum absolute atomic E-state index is 0.443. The molecule has 2 aromatic heterocycles. The van der Waals surface area contributed by atoms with Gasteiger partial charge in [-0.1, -0.05) is 48.0 Å². The first kappa shape index (κ1) is 19.6. The van der Waals surface area contributed by atoms with Gasteiger partial charge in [-0.25, -0.2) is 4.98 Å². The molecule has 29 heavy (non-hydrogen) atoms. The van der Waals surface area contributed by atoms with Crippen molar-refractivity contribution < 1.29 is 9.52 Å². The average molecular weight is 407 g/mol. The summed E-state index contributed by atoms with van der Waals surface area (Å²) >= 11 is 6.29. The Balaban J connectivity index is 1.90. The number of furan rings is 1. The highest BCUT2D eigenvalue weighted by Crippen LogP contribution is 2.37. The summed E-state index contributed by atoms with van der Waals surface area (Å²) in [7, 11) is 3.98. The molecule has 4 nitrogen and oxygen atoms in total. The zero-order valence-electron chi connectivity index (χ0n) is 16.5. The van der Waals surface area contributed by atoms with Gasteiger partial charge in [0.05, 0.1) is 11.8 Å². The molecule has 0 aliphatic carbocycles. The summed E-state index contributed by atoms with van der Waals surface area (Å²) < 4.78 is 5.63. The van der Waals surface area contributed by atoms with E-state index >= 15 is 0 Å². The van der Waals surface area contributed by atoms with E-state index in [1.807, 2.05) is 79.7 Å². The van der Waals surface area contributed by atoms with Crippen molar-refractivity contribution in [3.05, 3.63) is 89.5 Å². The molecule has 2 heterocycles. The predicted molar refractivity (Wildman–Crippen MR) is 117 cm³/mol. The van der Waals surface area contributed by atoms with Crippen LogP contribution in [0.3, 0.4) is 0 Å². The molecule has 4 aromatic rings.